The van der Waals surface area contributed by atoms with Gasteiger partial charge in [-0.25, -0.2) is 0 Å². The van der Waals surface area contributed by atoms with Crippen LogP contribution in [0.3, 0.4) is 0 Å². The van der Waals surface area contributed by atoms with E-state index in [1.165, 1.54) is 11.8 Å². The molecule has 0 aliphatic carbocycles. The fraction of sp³-hybridized carbons (Fsp3) is 0.185. The number of benzene rings is 3. The Morgan fingerprint density at radius 3 is 2.42 bits per heavy atom. The molecule has 0 aliphatic heterocycles. The summed E-state index contributed by atoms with van der Waals surface area (Å²) in [6, 6.07) is 21.7. The Hall–Kier alpha value is -4.02. The van der Waals surface area contributed by atoms with Crippen LogP contribution < -0.4 is 20.1 Å². The van der Waals surface area contributed by atoms with Gasteiger partial charge >= 0.3 is 0 Å². The van der Waals surface area contributed by atoms with Crippen molar-refractivity contribution in [2.24, 2.45) is 0 Å². The van der Waals surface area contributed by atoms with Gasteiger partial charge in [0.1, 0.15) is 11.5 Å². The Bertz CT molecular complexity index is 1390. The standard InChI is InChI=1S/C27H26ClN5O4S/c1-18-4-3-5-21(14-18)33-24(15-29-25(34)16-37-23-10-6-19(28)7-11-23)31-32-27(33)38-17-26(35)30-20-8-12-22(36-2)13-9-20/h3-14H,15-17H2,1-2H3,(H,29,34)(H,30,35). The molecule has 0 saturated heterocycles. The van der Waals surface area contributed by atoms with Crippen molar-refractivity contribution in [2.45, 2.75) is 18.6 Å². The van der Waals surface area contributed by atoms with Gasteiger partial charge in [-0.3, -0.25) is 14.2 Å². The zero-order valence-electron chi connectivity index (χ0n) is 20.8. The molecule has 2 amide bonds. The first-order valence-corrected chi connectivity index (χ1v) is 13.0. The average Bonchev–Trinajstić information content (AvgIpc) is 3.33. The first-order valence-electron chi connectivity index (χ1n) is 11.6. The number of rotatable bonds is 11. The number of amides is 2. The SMILES string of the molecule is COc1ccc(NC(=O)CSc2nnc(CNC(=O)COc3ccc(Cl)cc3)n2-c2cccc(C)c2)cc1. The lowest BCUT2D eigenvalue weighted by Crippen LogP contribution is -2.29. The molecular formula is C27H26ClN5O4S. The van der Waals surface area contributed by atoms with Crippen molar-refractivity contribution in [1.82, 2.24) is 20.1 Å². The van der Waals surface area contributed by atoms with E-state index in [0.29, 0.717) is 33.2 Å². The third-order valence-corrected chi connectivity index (χ3v) is 6.47. The van der Waals surface area contributed by atoms with Gasteiger partial charge in [-0.1, -0.05) is 35.5 Å². The van der Waals surface area contributed by atoms with Crippen molar-refractivity contribution in [3.63, 3.8) is 0 Å². The van der Waals surface area contributed by atoms with E-state index < -0.39 is 0 Å². The van der Waals surface area contributed by atoms with Crippen LogP contribution in [0.4, 0.5) is 5.69 Å². The van der Waals surface area contributed by atoms with Crippen LogP contribution in [0.1, 0.15) is 11.4 Å². The number of hydrogen-bond donors (Lipinski definition) is 2. The molecule has 9 nitrogen and oxygen atoms in total. The molecule has 4 aromatic rings. The number of nitrogens with zero attached hydrogens (tertiary/aromatic N) is 3. The Morgan fingerprint density at radius 1 is 0.974 bits per heavy atom. The lowest BCUT2D eigenvalue weighted by atomic mass is 10.2. The highest BCUT2D eigenvalue weighted by molar-refractivity contribution is 7.99. The van der Waals surface area contributed by atoms with E-state index in [0.717, 1.165) is 11.3 Å². The van der Waals surface area contributed by atoms with Gasteiger partial charge in [0.2, 0.25) is 5.91 Å². The number of hydrogen-bond acceptors (Lipinski definition) is 7. The lowest BCUT2D eigenvalue weighted by Gasteiger charge is -2.12. The molecule has 0 bridgehead atoms. The molecule has 0 atom stereocenters. The maximum absolute atomic E-state index is 12.6. The van der Waals surface area contributed by atoms with Gasteiger partial charge in [0.05, 0.1) is 19.4 Å². The molecule has 3 aromatic carbocycles. The molecule has 38 heavy (non-hydrogen) atoms. The number of carbonyl (C=O) groups is 2. The van der Waals surface area contributed by atoms with Crippen LogP contribution in [0.25, 0.3) is 5.69 Å². The molecule has 0 spiro atoms. The maximum atomic E-state index is 12.6. The molecule has 1 heterocycles. The molecule has 11 heteroatoms. The fourth-order valence-corrected chi connectivity index (χ4v) is 4.34. The second-order valence-electron chi connectivity index (χ2n) is 8.16. The Morgan fingerprint density at radius 2 is 1.71 bits per heavy atom. The summed E-state index contributed by atoms with van der Waals surface area (Å²) in [7, 11) is 1.59. The van der Waals surface area contributed by atoms with E-state index in [1.807, 2.05) is 35.8 Å². The van der Waals surface area contributed by atoms with Crippen LogP contribution in [0.15, 0.2) is 78.0 Å². The Kier molecular flexibility index (Phi) is 9.23. The Labute approximate surface area is 229 Å². The molecule has 0 aliphatic rings. The van der Waals surface area contributed by atoms with Gasteiger partial charge in [0.15, 0.2) is 17.6 Å². The number of halogens is 1. The van der Waals surface area contributed by atoms with Gasteiger partial charge in [-0.05, 0) is 73.2 Å². The number of aromatic nitrogens is 3. The van der Waals surface area contributed by atoms with Gasteiger partial charge < -0.3 is 20.1 Å². The minimum absolute atomic E-state index is 0.122. The molecule has 0 radical (unpaired) electrons. The Balaban J connectivity index is 1.41. The quantitative estimate of drug-likeness (QED) is 0.261. The first-order chi connectivity index (χ1) is 18.4. The van der Waals surface area contributed by atoms with E-state index in [9.17, 15) is 9.59 Å². The summed E-state index contributed by atoms with van der Waals surface area (Å²) in [5.41, 5.74) is 2.55. The lowest BCUT2D eigenvalue weighted by molar-refractivity contribution is -0.123. The molecular weight excluding hydrogens is 526 g/mol. The normalized spacial score (nSPS) is 10.6. The molecule has 4 rings (SSSR count). The predicted octanol–water partition coefficient (Wildman–Crippen LogP) is 4.66. The van der Waals surface area contributed by atoms with Crippen molar-refractivity contribution in [2.75, 3.05) is 24.8 Å². The largest absolute Gasteiger partial charge is 0.497 e. The van der Waals surface area contributed by atoms with Crippen molar-refractivity contribution in [3.05, 3.63) is 89.2 Å². The first kappa shape index (κ1) is 27.0. The van der Waals surface area contributed by atoms with Crippen LogP contribution in [-0.2, 0) is 16.1 Å². The van der Waals surface area contributed by atoms with E-state index in [4.69, 9.17) is 21.1 Å². The minimum Gasteiger partial charge on any atom is -0.497 e. The highest BCUT2D eigenvalue weighted by Crippen LogP contribution is 2.23. The summed E-state index contributed by atoms with van der Waals surface area (Å²) in [5, 5.41) is 15.4. The van der Waals surface area contributed by atoms with Gasteiger partial charge in [0, 0.05) is 16.4 Å². The number of nitrogens with one attached hydrogen (secondary N) is 2. The van der Waals surface area contributed by atoms with E-state index in [1.54, 1.807) is 55.6 Å². The summed E-state index contributed by atoms with van der Waals surface area (Å²) >= 11 is 7.13. The number of anilines is 1. The highest BCUT2D eigenvalue weighted by Gasteiger charge is 2.17. The van der Waals surface area contributed by atoms with Crippen molar-refractivity contribution in [1.29, 1.82) is 0 Å². The molecule has 0 fully saturated rings. The fourth-order valence-electron chi connectivity index (χ4n) is 3.44. The zero-order valence-corrected chi connectivity index (χ0v) is 22.4. The molecule has 2 N–H and O–H groups in total. The van der Waals surface area contributed by atoms with E-state index in [-0.39, 0.29) is 30.7 Å². The number of aryl methyl sites for hydroxylation is 1. The summed E-state index contributed by atoms with van der Waals surface area (Å²) < 4.78 is 12.5. The maximum Gasteiger partial charge on any atom is 0.258 e. The van der Waals surface area contributed by atoms with Crippen LogP contribution in [0.2, 0.25) is 5.02 Å². The number of ether oxygens (including phenoxy) is 2. The summed E-state index contributed by atoms with van der Waals surface area (Å²) in [4.78, 5) is 25.0. The van der Waals surface area contributed by atoms with Crippen molar-refractivity contribution in [3.8, 4) is 17.2 Å². The molecule has 196 valence electrons. The van der Waals surface area contributed by atoms with Crippen molar-refractivity contribution >= 4 is 40.9 Å². The minimum atomic E-state index is -0.313. The molecule has 0 saturated carbocycles. The number of methoxy groups -OCH3 is 1. The van der Waals surface area contributed by atoms with Crippen LogP contribution in [0.5, 0.6) is 11.5 Å². The summed E-state index contributed by atoms with van der Waals surface area (Å²) in [6.45, 7) is 1.95. The second kappa shape index (κ2) is 13.0. The number of thioether (sulfide) groups is 1. The summed E-state index contributed by atoms with van der Waals surface area (Å²) in [6.07, 6.45) is 0. The highest BCUT2D eigenvalue weighted by atomic mass is 35.5. The smallest absolute Gasteiger partial charge is 0.258 e. The van der Waals surface area contributed by atoms with Crippen molar-refractivity contribution < 1.29 is 19.1 Å². The monoisotopic (exact) mass is 551 g/mol. The van der Waals surface area contributed by atoms with Crippen LogP contribution in [0, 0.1) is 6.92 Å². The predicted molar refractivity (Wildman–Crippen MR) is 147 cm³/mol. The zero-order chi connectivity index (χ0) is 26.9. The average molecular weight is 552 g/mol. The van der Waals surface area contributed by atoms with Gasteiger partial charge in [-0.15, -0.1) is 10.2 Å². The second-order valence-corrected chi connectivity index (χ2v) is 9.54. The van der Waals surface area contributed by atoms with Gasteiger partial charge in [0.25, 0.3) is 5.91 Å². The molecule has 1 aromatic heterocycles. The van der Waals surface area contributed by atoms with Gasteiger partial charge in [-0.2, -0.15) is 0 Å². The third kappa shape index (κ3) is 7.50. The third-order valence-electron chi connectivity index (χ3n) is 5.29. The summed E-state index contributed by atoms with van der Waals surface area (Å²) in [5.74, 6) is 1.39. The molecule has 0 unspecified atom stereocenters. The topological polar surface area (TPSA) is 107 Å². The van der Waals surface area contributed by atoms with E-state index in [2.05, 4.69) is 20.8 Å². The van der Waals surface area contributed by atoms with Crippen LogP contribution >= 0.6 is 23.4 Å². The van der Waals surface area contributed by atoms with E-state index >= 15 is 0 Å². The van der Waals surface area contributed by atoms with Crippen LogP contribution in [-0.4, -0.2) is 46.0 Å². The number of carbonyl (C=O) groups excluding carboxylic acids is 2.